The molecule has 0 fully saturated rings. The Balaban J connectivity index is 1.92. The van der Waals surface area contributed by atoms with Crippen LogP contribution in [0.2, 0.25) is 5.02 Å². The van der Waals surface area contributed by atoms with Crippen LogP contribution in [0.3, 0.4) is 0 Å². The van der Waals surface area contributed by atoms with Crippen molar-refractivity contribution in [2.75, 3.05) is 7.05 Å². The van der Waals surface area contributed by atoms with Crippen molar-refractivity contribution < 1.29 is 4.29 Å². The second kappa shape index (κ2) is 6.75. The fourth-order valence-electron chi connectivity index (χ4n) is 1.82. The van der Waals surface area contributed by atoms with Gasteiger partial charge >= 0.3 is 0 Å². The quantitative estimate of drug-likeness (QED) is 0.837. The van der Waals surface area contributed by atoms with Gasteiger partial charge in [0.25, 0.3) is 0 Å². The van der Waals surface area contributed by atoms with Crippen molar-refractivity contribution in [2.24, 2.45) is 0 Å². The normalized spacial score (nSPS) is 10.7. The van der Waals surface area contributed by atoms with Crippen LogP contribution in [0.5, 0.6) is 5.88 Å². The topological polar surface area (TPSA) is 25.4 Å². The Kier molecular flexibility index (Phi) is 5.02. The number of hydrogen-bond acceptors (Lipinski definition) is 3. The fraction of sp³-hybridized carbons (Fsp3) is 0.214. The Hall–Kier alpha value is -1.29. The predicted octanol–water partition coefficient (Wildman–Crippen LogP) is 3.90. The van der Waals surface area contributed by atoms with E-state index < -0.39 is 0 Å². The predicted molar refractivity (Wildman–Crippen MR) is 77.3 cm³/mol. The van der Waals surface area contributed by atoms with Crippen LogP contribution in [0.25, 0.3) is 0 Å². The van der Waals surface area contributed by atoms with E-state index in [0.717, 1.165) is 23.7 Å². The first kappa shape index (κ1) is 14.1. The summed E-state index contributed by atoms with van der Waals surface area (Å²) in [5.41, 5.74) is 2.33. The van der Waals surface area contributed by atoms with Crippen molar-refractivity contribution in [3.63, 3.8) is 0 Å². The van der Waals surface area contributed by atoms with Crippen LogP contribution in [0.15, 0.2) is 42.6 Å². The maximum atomic E-state index is 5.86. The maximum Gasteiger partial charge on any atom is 0.236 e. The van der Waals surface area contributed by atoms with Crippen molar-refractivity contribution in [1.82, 2.24) is 9.88 Å². The molecular formula is C14H14Cl2N2O. The molecule has 0 N–H and O–H groups in total. The molecule has 0 aliphatic carbocycles. The second-order valence-corrected chi connectivity index (χ2v) is 4.97. The zero-order valence-corrected chi connectivity index (χ0v) is 12.0. The second-order valence-electron chi connectivity index (χ2n) is 4.38. The minimum absolute atomic E-state index is 0.408. The standard InChI is InChI=1S/C14H14Cl2N2O/c1-18(9-11-2-5-13(15)6-3-11)10-12-4-7-14(19-16)17-8-12/h2-8H,9-10H2,1H3. The van der Waals surface area contributed by atoms with Gasteiger partial charge in [0.1, 0.15) is 11.9 Å². The SMILES string of the molecule is CN(Cc1ccc(Cl)cc1)Cc1ccc(OCl)nc1. The molecule has 0 atom stereocenters. The summed E-state index contributed by atoms with van der Waals surface area (Å²) in [7, 11) is 2.06. The van der Waals surface area contributed by atoms with Gasteiger partial charge in [-0.1, -0.05) is 29.8 Å². The van der Waals surface area contributed by atoms with Gasteiger partial charge in [-0.2, -0.15) is 0 Å². The molecule has 0 saturated heterocycles. The maximum absolute atomic E-state index is 5.86. The van der Waals surface area contributed by atoms with Gasteiger partial charge in [0.2, 0.25) is 5.88 Å². The lowest BCUT2D eigenvalue weighted by atomic mass is 10.2. The van der Waals surface area contributed by atoms with E-state index in [-0.39, 0.29) is 0 Å². The molecule has 3 nitrogen and oxygen atoms in total. The number of hydrogen-bond donors (Lipinski definition) is 0. The minimum Gasteiger partial charge on any atom is -0.365 e. The van der Waals surface area contributed by atoms with Crippen molar-refractivity contribution in [2.45, 2.75) is 13.1 Å². The van der Waals surface area contributed by atoms with E-state index >= 15 is 0 Å². The summed E-state index contributed by atoms with van der Waals surface area (Å²) < 4.78 is 4.52. The Morgan fingerprint density at radius 1 is 1.05 bits per heavy atom. The number of pyridine rings is 1. The molecule has 1 heterocycles. The van der Waals surface area contributed by atoms with Crippen LogP contribution in [0.4, 0.5) is 0 Å². The van der Waals surface area contributed by atoms with Crippen LogP contribution in [0.1, 0.15) is 11.1 Å². The highest BCUT2D eigenvalue weighted by Gasteiger charge is 2.03. The first-order chi connectivity index (χ1) is 9.17. The molecule has 2 aromatic rings. The van der Waals surface area contributed by atoms with Crippen molar-refractivity contribution in [3.05, 3.63) is 58.7 Å². The highest BCUT2D eigenvalue weighted by Crippen LogP contribution is 2.13. The Labute approximate surface area is 122 Å². The first-order valence-corrected chi connectivity index (χ1v) is 6.52. The lowest BCUT2D eigenvalue weighted by Gasteiger charge is -2.16. The molecule has 2 rings (SSSR count). The molecule has 1 aromatic carbocycles. The Bertz CT molecular complexity index is 514. The van der Waals surface area contributed by atoms with Crippen molar-refractivity contribution >= 4 is 23.5 Å². The third-order valence-corrected chi connectivity index (χ3v) is 3.10. The van der Waals surface area contributed by atoms with E-state index in [1.165, 1.54) is 5.56 Å². The largest absolute Gasteiger partial charge is 0.365 e. The summed E-state index contributed by atoms with van der Waals surface area (Å²) in [6, 6.07) is 11.6. The molecule has 0 aliphatic heterocycles. The van der Waals surface area contributed by atoms with Gasteiger partial charge < -0.3 is 4.29 Å². The van der Waals surface area contributed by atoms with Crippen LogP contribution in [-0.2, 0) is 13.1 Å². The molecule has 0 aliphatic rings. The van der Waals surface area contributed by atoms with E-state index in [9.17, 15) is 0 Å². The summed E-state index contributed by atoms with van der Waals surface area (Å²) in [4.78, 5) is 6.27. The lowest BCUT2D eigenvalue weighted by molar-refractivity contribution is 0.318. The summed E-state index contributed by atoms with van der Waals surface area (Å²) in [5.74, 6) is 0.408. The molecule has 0 amide bonds. The molecule has 5 heteroatoms. The molecule has 0 saturated carbocycles. The van der Waals surface area contributed by atoms with E-state index in [0.29, 0.717) is 5.88 Å². The van der Waals surface area contributed by atoms with Gasteiger partial charge in [-0.05, 0) is 30.3 Å². The summed E-state index contributed by atoms with van der Waals surface area (Å²) in [6.45, 7) is 1.66. The number of nitrogens with zero attached hydrogens (tertiary/aromatic N) is 2. The Morgan fingerprint density at radius 3 is 2.26 bits per heavy atom. The molecule has 1 aromatic heterocycles. The first-order valence-electron chi connectivity index (χ1n) is 5.84. The fourth-order valence-corrected chi connectivity index (χ4v) is 2.04. The number of aromatic nitrogens is 1. The zero-order chi connectivity index (χ0) is 13.7. The van der Waals surface area contributed by atoms with E-state index in [1.807, 2.05) is 30.3 Å². The smallest absolute Gasteiger partial charge is 0.236 e. The molecule has 0 bridgehead atoms. The van der Waals surface area contributed by atoms with Crippen LogP contribution in [0, 0.1) is 0 Å². The summed E-state index contributed by atoms with van der Waals surface area (Å²) in [5, 5.41) is 0.757. The van der Waals surface area contributed by atoms with Crippen LogP contribution in [-0.4, -0.2) is 16.9 Å². The van der Waals surface area contributed by atoms with Crippen LogP contribution >= 0.6 is 23.5 Å². The lowest BCUT2D eigenvalue weighted by Crippen LogP contribution is -2.17. The molecule has 0 spiro atoms. The minimum atomic E-state index is 0.408. The van der Waals surface area contributed by atoms with E-state index in [2.05, 4.69) is 21.2 Å². The number of rotatable bonds is 5. The number of halogens is 2. The highest BCUT2D eigenvalue weighted by atomic mass is 35.5. The van der Waals surface area contributed by atoms with E-state index in [1.54, 1.807) is 12.3 Å². The molecule has 100 valence electrons. The Morgan fingerprint density at radius 2 is 1.68 bits per heavy atom. The van der Waals surface area contributed by atoms with Gasteiger partial charge in [-0.3, -0.25) is 4.90 Å². The average molecular weight is 297 g/mol. The van der Waals surface area contributed by atoms with Gasteiger partial charge in [0.05, 0.1) is 0 Å². The summed E-state index contributed by atoms with van der Waals surface area (Å²) >= 11 is 11.1. The monoisotopic (exact) mass is 296 g/mol. The van der Waals surface area contributed by atoms with Crippen LogP contribution < -0.4 is 4.29 Å². The highest BCUT2D eigenvalue weighted by molar-refractivity contribution is 6.30. The summed E-state index contributed by atoms with van der Waals surface area (Å²) in [6.07, 6.45) is 1.76. The molecular weight excluding hydrogens is 283 g/mol. The van der Waals surface area contributed by atoms with Gasteiger partial charge in [0, 0.05) is 30.4 Å². The van der Waals surface area contributed by atoms with Crippen molar-refractivity contribution in [1.29, 1.82) is 0 Å². The molecule has 19 heavy (non-hydrogen) atoms. The zero-order valence-electron chi connectivity index (χ0n) is 10.5. The van der Waals surface area contributed by atoms with Crippen molar-refractivity contribution in [3.8, 4) is 5.88 Å². The third-order valence-electron chi connectivity index (χ3n) is 2.69. The average Bonchev–Trinajstić information content (AvgIpc) is 2.42. The number of benzene rings is 1. The van der Waals surface area contributed by atoms with Gasteiger partial charge in [0.15, 0.2) is 0 Å². The van der Waals surface area contributed by atoms with Gasteiger partial charge in [-0.25, -0.2) is 4.98 Å². The molecule has 0 radical (unpaired) electrons. The third kappa shape index (κ3) is 4.39. The van der Waals surface area contributed by atoms with Gasteiger partial charge in [-0.15, -0.1) is 0 Å². The van der Waals surface area contributed by atoms with E-state index in [4.69, 9.17) is 23.5 Å². The molecule has 0 unspecified atom stereocenters.